The molecule has 5 nitrogen and oxygen atoms in total. The fraction of sp³-hybridized carbons (Fsp3) is 0.667. The number of alkyl halides is 1. The Kier molecular flexibility index (Phi) is 4.60. The highest BCUT2D eigenvalue weighted by molar-refractivity contribution is 6.18. The van der Waals surface area contributed by atoms with Gasteiger partial charge in [-0.3, -0.25) is 4.79 Å². The minimum Gasteiger partial charge on any atom is -0.378 e. The first-order valence-corrected chi connectivity index (χ1v) is 6.70. The van der Waals surface area contributed by atoms with Gasteiger partial charge in [-0.1, -0.05) is 6.92 Å². The quantitative estimate of drug-likeness (QED) is 0.765. The van der Waals surface area contributed by atoms with Gasteiger partial charge in [-0.2, -0.15) is 5.10 Å². The number of ether oxygens (including phenoxy) is 1. The van der Waals surface area contributed by atoms with Crippen LogP contribution < -0.4 is 10.5 Å². The lowest BCUT2D eigenvalue weighted by Gasteiger charge is -2.28. The molecule has 0 N–H and O–H groups in total. The van der Waals surface area contributed by atoms with Gasteiger partial charge in [0.25, 0.3) is 5.56 Å². The molecule has 100 valence electrons. The van der Waals surface area contributed by atoms with Crippen LogP contribution in [-0.4, -0.2) is 42.0 Å². The first-order valence-electron chi connectivity index (χ1n) is 6.16. The maximum absolute atomic E-state index is 11.9. The lowest BCUT2D eigenvalue weighted by molar-refractivity contribution is 0.122. The highest BCUT2D eigenvalue weighted by Crippen LogP contribution is 2.11. The van der Waals surface area contributed by atoms with Crippen LogP contribution >= 0.6 is 11.6 Å². The minimum absolute atomic E-state index is 0.0732. The number of halogens is 1. The molecule has 18 heavy (non-hydrogen) atoms. The van der Waals surface area contributed by atoms with Gasteiger partial charge in [-0.15, -0.1) is 11.6 Å². The molecular weight excluding hydrogens is 254 g/mol. The van der Waals surface area contributed by atoms with Gasteiger partial charge in [0.05, 0.1) is 25.1 Å². The van der Waals surface area contributed by atoms with Crippen molar-refractivity contribution in [2.24, 2.45) is 5.92 Å². The van der Waals surface area contributed by atoms with Gasteiger partial charge in [0.2, 0.25) is 0 Å². The smallest absolute Gasteiger partial charge is 0.268 e. The van der Waals surface area contributed by atoms with Crippen LogP contribution in [0.15, 0.2) is 17.1 Å². The second-order valence-corrected chi connectivity index (χ2v) is 4.90. The fourth-order valence-corrected chi connectivity index (χ4v) is 2.00. The van der Waals surface area contributed by atoms with Gasteiger partial charge in [-0.05, 0) is 5.92 Å². The molecule has 1 aromatic heterocycles. The van der Waals surface area contributed by atoms with Crippen molar-refractivity contribution in [2.75, 3.05) is 37.1 Å². The molecule has 0 aromatic carbocycles. The van der Waals surface area contributed by atoms with Crippen LogP contribution in [0.5, 0.6) is 0 Å². The number of hydrogen-bond acceptors (Lipinski definition) is 4. The van der Waals surface area contributed by atoms with Gasteiger partial charge in [0, 0.05) is 31.6 Å². The predicted octanol–water partition coefficient (Wildman–Crippen LogP) is 0.955. The zero-order valence-corrected chi connectivity index (χ0v) is 11.3. The number of anilines is 1. The van der Waals surface area contributed by atoms with Crippen LogP contribution in [0, 0.1) is 5.92 Å². The van der Waals surface area contributed by atoms with Crippen LogP contribution in [0.25, 0.3) is 0 Å². The average molecular weight is 272 g/mol. The second kappa shape index (κ2) is 6.20. The largest absolute Gasteiger partial charge is 0.378 e. The van der Waals surface area contributed by atoms with Crippen molar-refractivity contribution < 1.29 is 4.74 Å². The normalized spacial score (nSPS) is 17.8. The first-order chi connectivity index (χ1) is 8.70. The highest BCUT2D eigenvalue weighted by atomic mass is 35.5. The predicted molar refractivity (Wildman–Crippen MR) is 71.4 cm³/mol. The number of aromatic nitrogens is 2. The molecule has 0 saturated carbocycles. The highest BCUT2D eigenvalue weighted by Gasteiger charge is 2.13. The molecule has 1 aromatic rings. The van der Waals surface area contributed by atoms with Crippen molar-refractivity contribution in [1.82, 2.24) is 9.78 Å². The van der Waals surface area contributed by atoms with Crippen LogP contribution in [-0.2, 0) is 11.3 Å². The fourth-order valence-electron chi connectivity index (χ4n) is 1.90. The van der Waals surface area contributed by atoms with E-state index in [1.807, 2.05) is 6.92 Å². The van der Waals surface area contributed by atoms with E-state index in [0.717, 1.165) is 18.8 Å². The standard InChI is InChI=1S/C12H18ClN3O2/c1-10(7-13)9-16-12(17)6-11(8-14-16)15-2-4-18-5-3-15/h6,8,10H,2-5,7,9H2,1H3. The zero-order valence-electron chi connectivity index (χ0n) is 10.5. The molecule has 1 unspecified atom stereocenters. The molecule has 0 bridgehead atoms. The Morgan fingerprint density at radius 1 is 1.50 bits per heavy atom. The van der Waals surface area contributed by atoms with E-state index in [1.54, 1.807) is 12.3 Å². The van der Waals surface area contributed by atoms with Crippen molar-refractivity contribution in [3.63, 3.8) is 0 Å². The topological polar surface area (TPSA) is 47.4 Å². The molecule has 6 heteroatoms. The maximum atomic E-state index is 11.9. The Morgan fingerprint density at radius 3 is 2.83 bits per heavy atom. The van der Waals surface area contributed by atoms with Crippen molar-refractivity contribution in [3.8, 4) is 0 Å². The van der Waals surface area contributed by atoms with E-state index in [1.165, 1.54) is 4.68 Å². The summed E-state index contributed by atoms with van der Waals surface area (Å²) in [5.41, 5.74) is 0.800. The van der Waals surface area contributed by atoms with Crippen LogP contribution in [0.3, 0.4) is 0 Å². The minimum atomic E-state index is -0.0732. The second-order valence-electron chi connectivity index (χ2n) is 4.59. The Balaban J connectivity index is 2.11. The van der Waals surface area contributed by atoms with Crippen LogP contribution in [0.1, 0.15) is 6.92 Å². The summed E-state index contributed by atoms with van der Waals surface area (Å²) in [5, 5.41) is 4.20. The van der Waals surface area contributed by atoms with E-state index in [-0.39, 0.29) is 11.5 Å². The summed E-state index contributed by atoms with van der Waals surface area (Å²) in [6, 6.07) is 1.64. The Morgan fingerprint density at radius 2 is 2.22 bits per heavy atom. The summed E-state index contributed by atoms with van der Waals surface area (Å²) < 4.78 is 6.75. The van der Waals surface area contributed by atoms with Gasteiger partial charge < -0.3 is 9.64 Å². The summed E-state index contributed by atoms with van der Waals surface area (Å²) >= 11 is 5.74. The third-order valence-corrected chi connectivity index (χ3v) is 3.51. The van der Waals surface area contributed by atoms with Crippen molar-refractivity contribution in [3.05, 3.63) is 22.6 Å². The number of morpholine rings is 1. The van der Waals surface area contributed by atoms with E-state index in [4.69, 9.17) is 16.3 Å². The third-order valence-electron chi connectivity index (χ3n) is 2.98. The van der Waals surface area contributed by atoms with E-state index in [0.29, 0.717) is 25.6 Å². The van der Waals surface area contributed by atoms with E-state index < -0.39 is 0 Å². The molecule has 0 radical (unpaired) electrons. The number of nitrogens with zero attached hydrogens (tertiary/aromatic N) is 3. The molecule has 0 spiro atoms. The summed E-state index contributed by atoms with van der Waals surface area (Å²) in [5.74, 6) is 0.769. The van der Waals surface area contributed by atoms with Crippen LogP contribution in [0.4, 0.5) is 5.69 Å². The monoisotopic (exact) mass is 271 g/mol. The summed E-state index contributed by atoms with van der Waals surface area (Å²) in [7, 11) is 0. The summed E-state index contributed by atoms with van der Waals surface area (Å²) in [6.45, 7) is 5.58. The first kappa shape index (κ1) is 13.4. The SMILES string of the molecule is CC(CCl)Cn1ncc(N2CCOCC2)cc1=O. The van der Waals surface area contributed by atoms with Crippen molar-refractivity contribution in [2.45, 2.75) is 13.5 Å². The molecule has 1 atom stereocenters. The average Bonchev–Trinajstić information content (AvgIpc) is 2.42. The number of hydrogen-bond donors (Lipinski definition) is 0. The zero-order chi connectivity index (χ0) is 13.0. The molecular formula is C12H18ClN3O2. The van der Waals surface area contributed by atoms with E-state index >= 15 is 0 Å². The van der Waals surface area contributed by atoms with Crippen molar-refractivity contribution >= 4 is 17.3 Å². The van der Waals surface area contributed by atoms with Gasteiger partial charge >= 0.3 is 0 Å². The Labute approximate surface area is 111 Å². The van der Waals surface area contributed by atoms with E-state index in [9.17, 15) is 4.79 Å². The molecule has 1 fully saturated rings. The molecule has 1 aliphatic rings. The summed E-state index contributed by atoms with van der Waals surface area (Å²) in [4.78, 5) is 14.1. The van der Waals surface area contributed by atoms with Crippen LogP contribution in [0.2, 0.25) is 0 Å². The molecule has 2 heterocycles. The molecule has 2 rings (SSSR count). The Hall–Kier alpha value is -1.07. The molecule has 1 saturated heterocycles. The lowest BCUT2D eigenvalue weighted by atomic mass is 10.2. The van der Waals surface area contributed by atoms with E-state index in [2.05, 4.69) is 10.00 Å². The Bertz CT molecular complexity index is 443. The maximum Gasteiger partial charge on any atom is 0.268 e. The number of rotatable bonds is 4. The lowest BCUT2D eigenvalue weighted by Crippen LogP contribution is -2.37. The van der Waals surface area contributed by atoms with Crippen molar-refractivity contribution in [1.29, 1.82) is 0 Å². The third kappa shape index (κ3) is 3.23. The van der Waals surface area contributed by atoms with Gasteiger partial charge in [0.1, 0.15) is 0 Å². The summed E-state index contributed by atoms with van der Waals surface area (Å²) in [6.07, 6.45) is 1.74. The molecule has 1 aliphatic heterocycles. The van der Waals surface area contributed by atoms with Gasteiger partial charge in [0.15, 0.2) is 0 Å². The van der Waals surface area contributed by atoms with Gasteiger partial charge in [-0.25, -0.2) is 4.68 Å². The molecule has 0 amide bonds. The molecule has 0 aliphatic carbocycles.